The summed E-state index contributed by atoms with van der Waals surface area (Å²) in [7, 11) is 0. The molecule has 0 amide bonds. The van der Waals surface area contributed by atoms with Gasteiger partial charge in [-0.1, -0.05) is 0 Å². The van der Waals surface area contributed by atoms with Crippen molar-refractivity contribution in [3.63, 3.8) is 0 Å². The molecule has 0 saturated carbocycles. The number of anilines is 1. The van der Waals surface area contributed by atoms with Crippen molar-refractivity contribution in [1.29, 1.82) is 0 Å². The summed E-state index contributed by atoms with van der Waals surface area (Å²) < 4.78 is 54.3. The molecule has 104 valence electrons. The zero-order valence-corrected chi connectivity index (χ0v) is 10.1. The maximum absolute atomic E-state index is 12.8. The number of nitrogens with one attached hydrogen (secondary N) is 1. The number of hydrogen-bond donors (Lipinski definition) is 2. The Morgan fingerprint density at radius 1 is 1.42 bits per heavy atom. The Kier molecular flexibility index (Phi) is 3.71. The lowest BCUT2D eigenvalue weighted by molar-refractivity contribution is -0.148. The molecule has 0 fully saturated rings. The summed E-state index contributed by atoms with van der Waals surface area (Å²) in [5, 5.41) is 1.99. The first-order valence-corrected chi connectivity index (χ1v) is 5.82. The molecule has 0 atom stereocenters. The molecule has 2 rings (SSSR count). The van der Waals surface area contributed by atoms with Gasteiger partial charge in [-0.15, -0.1) is 11.3 Å². The number of halogens is 4. The highest BCUT2D eigenvalue weighted by Crippen LogP contribution is 2.30. The van der Waals surface area contributed by atoms with Crippen LogP contribution in [0.5, 0.6) is 5.88 Å². The summed E-state index contributed by atoms with van der Waals surface area (Å²) in [6.45, 7) is -1.48. The van der Waals surface area contributed by atoms with E-state index in [0.717, 1.165) is 0 Å². The van der Waals surface area contributed by atoms with Crippen LogP contribution >= 0.6 is 11.3 Å². The van der Waals surface area contributed by atoms with Gasteiger partial charge in [0.1, 0.15) is 4.83 Å². The zero-order chi connectivity index (χ0) is 14.0. The average Bonchev–Trinajstić information content (AvgIpc) is 2.83. The van der Waals surface area contributed by atoms with E-state index >= 15 is 0 Å². The molecular weight excluding hydrogens is 288 g/mol. The molecular formula is C9H8F4N4OS. The lowest BCUT2D eigenvalue weighted by atomic mass is 10.3. The number of thiophene rings is 1. The fraction of sp³-hybridized carbons (Fsp3) is 0.333. The molecule has 0 radical (unpaired) electrons. The highest BCUT2D eigenvalue weighted by Gasteiger charge is 2.42. The van der Waals surface area contributed by atoms with Gasteiger partial charge in [-0.3, -0.25) is 5.43 Å². The lowest BCUT2D eigenvalue weighted by Crippen LogP contribution is -2.34. The number of ether oxygens (including phenoxy) is 1. The highest BCUT2D eigenvalue weighted by molar-refractivity contribution is 7.16. The quantitative estimate of drug-likeness (QED) is 0.503. The van der Waals surface area contributed by atoms with Gasteiger partial charge in [-0.25, -0.2) is 19.6 Å². The zero-order valence-electron chi connectivity index (χ0n) is 9.24. The fourth-order valence-electron chi connectivity index (χ4n) is 1.23. The monoisotopic (exact) mass is 296 g/mol. The van der Waals surface area contributed by atoms with Crippen molar-refractivity contribution >= 4 is 27.5 Å². The summed E-state index contributed by atoms with van der Waals surface area (Å²) in [4.78, 5) is 8.11. The van der Waals surface area contributed by atoms with Crippen LogP contribution in [0.1, 0.15) is 0 Å². The van der Waals surface area contributed by atoms with Crippen LogP contribution in [0.3, 0.4) is 0 Å². The summed E-state index contributed by atoms with van der Waals surface area (Å²) in [6, 6.07) is 1.54. The molecule has 0 aliphatic heterocycles. The molecule has 2 heterocycles. The number of hydrogen-bond acceptors (Lipinski definition) is 6. The maximum Gasteiger partial charge on any atom is 0.340 e. The number of hydrazine groups is 1. The predicted octanol–water partition coefficient (Wildman–Crippen LogP) is 2.26. The molecule has 0 unspecified atom stereocenters. The third-order valence-corrected chi connectivity index (χ3v) is 2.95. The van der Waals surface area contributed by atoms with E-state index in [1.54, 1.807) is 5.38 Å². The van der Waals surface area contributed by atoms with E-state index in [0.29, 0.717) is 10.2 Å². The van der Waals surface area contributed by atoms with Crippen LogP contribution in [0.2, 0.25) is 0 Å². The van der Waals surface area contributed by atoms with Crippen LogP contribution in [0.15, 0.2) is 11.4 Å². The predicted molar refractivity (Wildman–Crippen MR) is 61.7 cm³/mol. The number of nitrogens with two attached hydrogens (primary N) is 1. The van der Waals surface area contributed by atoms with E-state index in [1.165, 1.54) is 17.4 Å². The summed E-state index contributed by atoms with van der Waals surface area (Å²) in [5.41, 5.74) is 2.14. The standard InChI is InChI=1S/C9H8F4N4OS/c10-7(11)9(12,13)3-18-5-4-1-2-19-6(4)16-8(15-5)17-14/h1-2,7H,3,14H2,(H,15,16,17). The first kappa shape index (κ1) is 13.7. The number of fused-ring (bicyclic) bond motifs is 1. The van der Waals surface area contributed by atoms with Gasteiger partial charge in [0.15, 0.2) is 6.61 Å². The molecule has 0 saturated heterocycles. The Bertz CT molecular complexity index is 576. The van der Waals surface area contributed by atoms with E-state index in [9.17, 15) is 17.6 Å². The van der Waals surface area contributed by atoms with Gasteiger partial charge >= 0.3 is 12.3 Å². The van der Waals surface area contributed by atoms with Crippen molar-refractivity contribution in [2.45, 2.75) is 12.3 Å². The van der Waals surface area contributed by atoms with Crippen LogP contribution in [0.4, 0.5) is 23.5 Å². The van der Waals surface area contributed by atoms with E-state index in [2.05, 4.69) is 20.1 Å². The lowest BCUT2D eigenvalue weighted by Gasteiger charge is -2.16. The summed E-state index contributed by atoms with van der Waals surface area (Å²) in [5.74, 6) is 0.595. The molecule has 2 aromatic rings. The first-order chi connectivity index (χ1) is 8.94. The average molecular weight is 296 g/mol. The SMILES string of the molecule is NNc1nc(OCC(F)(F)C(F)F)c2ccsc2n1. The number of nitrogen functional groups attached to an aromatic ring is 1. The Hall–Kier alpha value is -1.68. The van der Waals surface area contributed by atoms with Gasteiger partial charge in [0.25, 0.3) is 0 Å². The molecule has 2 aromatic heterocycles. The molecule has 3 N–H and O–H groups in total. The van der Waals surface area contributed by atoms with Crippen molar-refractivity contribution in [1.82, 2.24) is 9.97 Å². The number of aromatic nitrogens is 2. The minimum atomic E-state index is -4.25. The van der Waals surface area contributed by atoms with E-state index in [1.807, 2.05) is 0 Å². The Morgan fingerprint density at radius 2 is 2.16 bits per heavy atom. The molecule has 0 aliphatic rings. The van der Waals surface area contributed by atoms with Gasteiger partial charge in [0.2, 0.25) is 11.8 Å². The Morgan fingerprint density at radius 3 is 2.79 bits per heavy atom. The van der Waals surface area contributed by atoms with Crippen molar-refractivity contribution in [3.8, 4) is 5.88 Å². The largest absolute Gasteiger partial charge is 0.470 e. The third-order valence-electron chi connectivity index (χ3n) is 2.14. The van der Waals surface area contributed by atoms with Gasteiger partial charge in [-0.2, -0.15) is 13.8 Å². The molecule has 0 spiro atoms. The minimum absolute atomic E-state index is 0.0506. The molecule has 19 heavy (non-hydrogen) atoms. The topological polar surface area (TPSA) is 73.1 Å². The Balaban J connectivity index is 2.27. The van der Waals surface area contributed by atoms with Gasteiger partial charge < -0.3 is 4.74 Å². The maximum atomic E-state index is 12.8. The second kappa shape index (κ2) is 5.13. The van der Waals surface area contributed by atoms with E-state index in [-0.39, 0.29) is 11.8 Å². The molecule has 0 aromatic carbocycles. The van der Waals surface area contributed by atoms with Gasteiger partial charge in [0, 0.05) is 0 Å². The second-order valence-electron chi connectivity index (χ2n) is 3.49. The number of rotatable bonds is 5. The van der Waals surface area contributed by atoms with Crippen LogP contribution in [-0.4, -0.2) is 28.9 Å². The van der Waals surface area contributed by atoms with Crippen molar-refractivity contribution < 1.29 is 22.3 Å². The fourth-order valence-corrected chi connectivity index (χ4v) is 1.98. The minimum Gasteiger partial charge on any atom is -0.470 e. The van der Waals surface area contributed by atoms with Crippen LogP contribution < -0.4 is 16.0 Å². The third kappa shape index (κ3) is 2.84. The van der Waals surface area contributed by atoms with Crippen molar-refractivity contribution in [2.75, 3.05) is 12.0 Å². The smallest absolute Gasteiger partial charge is 0.340 e. The van der Waals surface area contributed by atoms with Gasteiger partial charge in [0.05, 0.1) is 5.39 Å². The highest BCUT2D eigenvalue weighted by atomic mass is 32.1. The van der Waals surface area contributed by atoms with E-state index < -0.39 is 19.0 Å². The normalized spacial score (nSPS) is 12.1. The molecule has 10 heteroatoms. The van der Waals surface area contributed by atoms with Crippen LogP contribution in [0, 0.1) is 0 Å². The Labute approximate surface area is 108 Å². The summed E-state index contributed by atoms with van der Waals surface area (Å²) >= 11 is 1.21. The second-order valence-corrected chi connectivity index (χ2v) is 4.38. The number of alkyl halides is 4. The van der Waals surface area contributed by atoms with E-state index in [4.69, 9.17) is 5.84 Å². The van der Waals surface area contributed by atoms with Crippen molar-refractivity contribution in [3.05, 3.63) is 11.4 Å². The molecule has 0 bridgehead atoms. The van der Waals surface area contributed by atoms with Crippen LogP contribution in [0.25, 0.3) is 10.2 Å². The number of nitrogens with zero attached hydrogens (tertiary/aromatic N) is 2. The van der Waals surface area contributed by atoms with Gasteiger partial charge in [-0.05, 0) is 11.4 Å². The van der Waals surface area contributed by atoms with Crippen molar-refractivity contribution in [2.24, 2.45) is 5.84 Å². The molecule has 0 aliphatic carbocycles. The van der Waals surface area contributed by atoms with Crippen LogP contribution in [-0.2, 0) is 0 Å². The molecule has 5 nitrogen and oxygen atoms in total. The first-order valence-electron chi connectivity index (χ1n) is 4.94. The summed E-state index contributed by atoms with van der Waals surface area (Å²) in [6.07, 6.45) is -3.81.